The zero-order chi connectivity index (χ0) is 20.4. The molecule has 1 saturated heterocycles. The van der Waals surface area contributed by atoms with E-state index in [9.17, 15) is 23.3 Å². The largest absolute Gasteiger partial charge is 0.351 e. The van der Waals surface area contributed by atoms with Gasteiger partial charge in [-0.15, -0.1) is 0 Å². The number of halogens is 2. The van der Waals surface area contributed by atoms with Gasteiger partial charge in [0.2, 0.25) is 17.9 Å². The minimum Gasteiger partial charge on any atom is -0.351 e. The number of carbonyl (C=O) groups excluding carboxylic acids is 2. The summed E-state index contributed by atoms with van der Waals surface area (Å²) in [5, 5.41) is 14.3. The van der Waals surface area contributed by atoms with Gasteiger partial charge in [-0.3, -0.25) is 9.59 Å². The number of carbonyl (C=O) groups is 2. The molecule has 28 heavy (non-hydrogen) atoms. The molecule has 3 unspecified atom stereocenters. The second-order valence-corrected chi connectivity index (χ2v) is 6.95. The van der Waals surface area contributed by atoms with Crippen molar-refractivity contribution >= 4 is 11.8 Å². The predicted molar refractivity (Wildman–Crippen MR) is 93.4 cm³/mol. The van der Waals surface area contributed by atoms with Gasteiger partial charge in [0.05, 0.1) is 12.0 Å². The molecule has 1 aromatic rings. The van der Waals surface area contributed by atoms with Gasteiger partial charge in [-0.1, -0.05) is 6.07 Å². The van der Waals surface area contributed by atoms with Gasteiger partial charge in [0.1, 0.15) is 17.7 Å². The minimum absolute atomic E-state index is 0.110. The van der Waals surface area contributed by atoms with Crippen molar-refractivity contribution in [2.24, 2.45) is 5.92 Å². The SMILES string of the molecule is C[C@@H](C(=O)NCc1ccc(F)cc1F)C1=CC2C(CCC(C#N)[N+]2=O)NC1=O. The highest BCUT2D eigenvalue weighted by molar-refractivity contribution is 6.01. The number of hydrogen-bond acceptors (Lipinski definition) is 4. The van der Waals surface area contributed by atoms with Crippen LogP contribution in [0.1, 0.15) is 25.3 Å². The number of nitrogens with zero attached hydrogens (tertiary/aromatic N) is 2. The highest BCUT2D eigenvalue weighted by Crippen LogP contribution is 2.27. The fourth-order valence-corrected chi connectivity index (χ4v) is 3.48. The molecular formula is C19H19F2N4O3+. The Labute approximate surface area is 160 Å². The van der Waals surface area contributed by atoms with Crippen LogP contribution in [0.2, 0.25) is 0 Å². The van der Waals surface area contributed by atoms with Crippen LogP contribution in [0, 0.1) is 33.8 Å². The zero-order valence-electron chi connectivity index (χ0n) is 15.1. The van der Waals surface area contributed by atoms with Crippen molar-refractivity contribution in [1.29, 1.82) is 5.26 Å². The molecule has 2 amide bonds. The van der Waals surface area contributed by atoms with Gasteiger partial charge >= 0.3 is 0 Å². The van der Waals surface area contributed by atoms with Crippen LogP contribution in [-0.2, 0) is 16.1 Å². The monoisotopic (exact) mass is 389 g/mol. The van der Waals surface area contributed by atoms with E-state index in [4.69, 9.17) is 5.26 Å². The van der Waals surface area contributed by atoms with Crippen molar-refractivity contribution < 1.29 is 23.1 Å². The maximum absolute atomic E-state index is 13.7. The van der Waals surface area contributed by atoms with E-state index in [1.807, 2.05) is 6.07 Å². The molecular weight excluding hydrogens is 370 g/mol. The van der Waals surface area contributed by atoms with Gasteiger partial charge in [0.25, 0.3) is 6.04 Å². The maximum atomic E-state index is 13.7. The molecule has 9 heteroatoms. The maximum Gasteiger partial charge on any atom is 0.286 e. The molecule has 1 aromatic carbocycles. The molecule has 0 spiro atoms. The molecule has 0 saturated carbocycles. The van der Waals surface area contributed by atoms with Crippen molar-refractivity contribution in [3.8, 4) is 6.07 Å². The Morgan fingerprint density at radius 1 is 1.43 bits per heavy atom. The summed E-state index contributed by atoms with van der Waals surface area (Å²) in [6.07, 6.45) is 2.31. The first kappa shape index (κ1) is 19.6. The summed E-state index contributed by atoms with van der Waals surface area (Å²) in [4.78, 5) is 37.1. The van der Waals surface area contributed by atoms with E-state index in [0.717, 1.165) is 12.1 Å². The molecule has 1 fully saturated rings. The number of fused-ring (bicyclic) bond motifs is 1. The summed E-state index contributed by atoms with van der Waals surface area (Å²) < 4.78 is 27.3. The summed E-state index contributed by atoms with van der Waals surface area (Å²) in [6.45, 7) is 1.34. The Morgan fingerprint density at radius 2 is 2.18 bits per heavy atom. The Hall–Kier alpha value is -3.15. The first-order chi connectivity index (χ1) is 13.3. The van der Waals surface area contributed by atoms with Crippen LogP contribution in [0.5, 0.6) is 0 Å². The fraction of sp³-hybridized carbons (Fsp3) is 0.421. The molecule has 3 rings (SSSR count). The van der Waals surface area contributed by atoms with Crippen molar-refractivity contribution in [1.82, 2.24) is 10.6 Å². The minimum atomic E-state index is -0.889. The third-order valence-corrected chi connectivity index (χ3v) is 5.17. The molecule has 2 aliphatic rings. The summed E-state index contributed by atoms with van der Waals surface area (Å²) in [5.41, 5.74) is 0.233. The number of amides is 2. The molecule has 2 aliphatic heterocycles. The Kier molecular flexibility index (Phi) is 5.49. The number of rotatable bonds is 4. The van der Waals surface area contributed by atoms with Gasteiger partial charge in [-0.25, -0.2) is 8.78 Å². The van der Waals surface area contributed by atoms with Crippen LogP contribution < -0.4 is 10.6 Å². The molecule has 2 N–H and O–H groups in total. The normalized spacial score (nSPS) is 25.1. The van der Waals surface area contributed by atoms with E-state index in [1.54, 1.807) is 0 Å². The average molecular weight is 389 g/mol. The predicted octanol–water partition coefficient (Wildman–Crippen LogP) is 1.48. The highest BCUT2D eigenvalue weighted by atomic mass is 19.1. The molecule has 146 valence electrons. The average Bonchev–Trinajstić information content (AvgIpc) is 2.66. The summed E-state index contributed by atoms with van der Waals surface area (Å²) in [6, 6.07) is 3.07. The zero-order valence-corrected chi connectivity index (χ0v) is 15.1. The van der Waals surface area contributed by atoms with Crippen LogP contribution in [0.15, 0.2) is 29.8 Å². The second-order valence-electron chi connectivity index (χ2n) is 6.95. The fourth-order valence-electron chi connectivity index (χ4n) is 3.48. The Morgan fingerprint density at radius 3 is 2.86 bits per heavy atom. The van der Waals surface area contributed by atoms with Gasteiger partial charge in [-0.05, 0) is 25.5 Å². The lowest BCUT2D eigenvalue weighted by Gasteiger charge is -2.31. The second kappa shape index (κ2) is 7.84. The quantitative estimate of drug-likeness (QED) is 0.762. The number of benzene rings is 1. The van der Waals surface area contributed by atoms with Crippen molar-refractivity contribution in [2.45, 2.75) is 44.4 Å². The standard InChI is InChI=1S/C19H18F2N4O3/c1-10(18(26)23-9-11-2-3-12(20)6-15(11)21)14-7-17-16(24-19(14)27)5-4-13(8-22)25(17)28/h2-3,6-7,10,13,16-17H,4-5,9H2,1H3,(H-,23,24,26,27)/p+1/t10-,13?,16?,17?/m1/s1. The van der Waals surface area contributed by atoms with E-state index in [2.05, 4.69) is 10.6 Å². The van der Waals surface area contributed by atoms with E-state index in [0.29, 0.717) is 17.6 Å². The first-order valence-corrected chi connectivity index (χ1v) is 8.91. The van der Waals surface area contributed by atoms with Crippen molar-refractivity contribution in [3.63, 3.8) is 0 Å². The number of hydrogen-bond donors (Lipinski definition) is 2. The number of nitroso groups, excluding NO2 is 1. The van der Waals surface area contributed by atoms with E-state index in [1.165, 1.54) is 19.1 Å². The number of nitriles is 1. The lowest BCUT2D eigenvalue weighted by atomic mass is 9.85. The summed E-state index contributed by atoms with van der Waals surface area (Å²) in [7, 11) is 0. The van der Waals surface area contributed by atoms with Crippen molar-refractivity contribution in [3.05, 3.63) is 52.0 Å². The van der Waals surface area contributed by atoms with Gasteiger partial charge in [0.15, 0.2) is 0 Å². The van der Waals surface area contributed by atoms with E-state index < -0.39 is 47.5 Å². The van der Waals surface area contributed by atoms with Crippen LogP contribution in [0.3, 0.4) is 0 Å². The van der Waals surface area contributed by atoms with Crippen molar-refractivity contribution in [2.75, 3.05) is 0 Å². The summed E-state index contributed by atoms with van der Waals surface area (Å²) >= 11 is 0. The third-order valence-electron chi connectivity index (χ3n) is 5.17. The molecule has 7 nitrogen and oxygen atoms in total. The summed E-state index contributed by atoms with van der Waals surface area (Å²) in [5.74, 6) is -3.36. The molecule has 4 atom stereocenters. The first-order valence-electron chi connectivity index (χ1n) is 8.91. The van der Waals surface area contributed by atoms with Gasteiger partial charge in [-0.2, -0.15) is 5.26 Å². The van der Waals surface area contributed by atoms with Crippen LogP contribution in [0.4, 0.5) is 8.78 Å². The number of nitrogens with one attached hydrogen (secondary N) is 2. The third kappa shape index (κ3) is 3.76. The van der Waals surface area contributed by atoms with Gasteiger partial charge in [0, 0.05) is 39.8 Å². The number of piperidine rings is 1. The van der Waals surface area contributed by atoms with E-state index in [-0.39, 0.29) is 17.7 Å². The van der Waals surface area contributed by atoms with E-state index >= 15 is 0 Å². The Bertz CT molecular complexity index is 909. The topological polar surface area (TPSA) is 102 Å². The molecule has 2 heterocycles. The Balaban J connectivity index is 1.72. The molecule has 0 aromatic heterocycles. The molecule has 0 radical (unpaired) electrons. The molecule has 0 aliphatic carbocycles. The van der Waals surface area contributed by atoms with Crippen LogP contribution >= 0.6 is 0 Å². The highest BCUT2D eigenvalue weighted by Gasteiger charge is 2.48. The smallest absolute Gasteiger partial charge is 0.286 e. The van der Waals surface area contributed by atoms with Crippen LogP contribution in [0.25, 0.3) is 0 Å². The lowest BCUT2D eigenvalue weighted by molar-refractivity contribution is -0.610. The van der Waals surface area contributed by atoms with Gasteiger partial charge < -0.3 is 10.6 Å². The van der Waals surface area contributed by atoms with Crippen LogP contribution in [-0.4, -0.2) is 34.7 Å². The lowest BCUT2D eigenvalue weighted by Crippen LogP contribution is -2.57. The molecule has 0 bridgehead atoms.